The van der Waals surface area contributed by atoms with Gasteiger partial charge in [-0.05, 0) is 88.7 Å². The van der Waals surface area contributed by atoms with Crippen LogP contribution in [0.25, 0.3) is 16.8 Å². The normalized spacial score (nSPS) is 22.5. The molecule has 3 unspecified atom stereocenters. The van der Waals surface area contributed by atoms with Crippen molar-refractivity contribution in [1.29, 1.82) is 0 Å². The van der Waals surface area contributed by atoms with Gasteiger partial charge >= 0.3 is 6.01 Å². The van der Waals surface area contributed by atoms with Crippen LogP contribution in [0.4, 0.5) is 15.9 Å². The highest BCUT2D eigenvalue weighted by atomic mass is 35.5. The molecule has 1 aliphatic carbocycles. The quantitative estimate of drug-likeness (QED) is 0.137. The summed E-state index contributed by atoms with van der Waals surface area (Å²) in [6.07, 6.45) is 10.6. The van der Waals surface area contributed by atoms with E-state index < -0.39 is 6.17 Å². The van der Waals surface area contributed by atoms with Gasteiger partial charge in [0.25, 0.3) is 5.89 Å². The summed E-state index contributed by atoms with van der Waals surface area (Å²) >= 11 is 6.60. The van der Waals surface area contributed by atoms with Crippen LogP contribution in [0, 0.1) is 0 Å². The fraction of sp³-hybridized carbons (Fsp3) is 0.548. The molecule has 2 aromatic carbocycles. The van der Waals surface area contributed by atoms with Crippen molar-refractivity contribution in [1.82, 2.24) is 29.9 Å². The Morgan fingerprint density at radius 3 is 2.53 bits per heavy atom. The lowest BCUT2D eigenvalue weighted by atomic mass is 10.0. The second-order valence-electron chi connectivity index (χ2n) is 15.2. The molecule has 0 bridgehead atoms. The first-order valence-electron chi connectivity index (χ1n) is 19.8. The van der Waals surface area contributed by atoms with Gasteiger partial charge < -0.3 is 24.0 Å². The smallest absolute Gasteiger partial charge is 0.318 e. The standard InChI is InChI=1S/C24H28ClN5O.C9H10N2O2.C7H12FN.C2H6/c1-28-12-10-17(14-28)29(2)23-18-11-13-30(15-20(18)26-24(27-23)31-3)21-9-5-7-16-6-4-8-19(25)22(16)21;1-9(4-5-9)8-10-7(13-11-8)3-2-6-12;8-6-4-7-2-1-3-9(7)5-6;1-2/h4-9,17H,10-15H2,1-3H3;2-3,6H,4-5H2,1H3;6-7H,1-5H2;1-2H3/b;3-2+;;. The van der Waals surface area contributed by atoms with Gasteiger partial charge in [0.05, 0.1) is 24.4 Å². The van der Waals surface area contributed by atoms with Crippen LogP contribution in [-0.4, -0.2) is 108 Å². The maximum atomic E-state index is 12.6. The molecule has 55 heavy (non-hydrogen) atoms. The van der Waals surface area contributed by atoms with E-state index in [0.29, 0.717) is 43.4 Å². The van der Waals surface area contributed by atoms with Crippen LogP contribution >= 0.6 is 11.6 Å². The van der Waals surface area contributed by atoms with Gasteiger partial charge in [0, 0.05) is 66.9 Å². The first-order chi connectivity index (χ1) is 26.7. The molecule has 6 heterocycles. The fourth-order valence-electron chi connectivity index (χ4n) is 8.03. The molecule has 9 rings (SSSR count). The number of alkyl halides is 1. The number of hydrogen-bond acceptors (Lipinski definition) is 11. The molecule has 296 valence electrons. The predicted octanol–water partition coefficient (Wildman–Crippen LogP) is 7.55. The highest BCUT2D eigenvalue weighted by molar-refractivity contribution is 6.36. The Labute approximate surface area is 329 Å². The number of hydrogen-bond donors (Lipinski definition) is 0. The van der Waals surface area contributed by atoms with Gasteiger partial charge in [-0.3, -0.25) is 9.69 Å². The van der Waals surface area contributed by atoms with Gasteiger partial charge in [0.2, 0.25) is 0 Å². The average molecular weight is 775 g/mol. The van der Waals surface area contributed by atoms with Crippen LogP contribution in [0.5, 0.6) is 6.01 Å². The van der Waals surface area contributed by atoms with E-state index >= 15 is 0 Å². The molecule has 0 radical (unpaired) electrons. The summed E-state index contributed by atoms with van der Waals surface area (Å²) in [4.78, 5) is 33.1. The number of ether oxygens (including phenoxy) is 1. The molecule has 3 saturated heterocycles. The molecule has 5 aliphatic rings. The minimum Gasteiger partial charge on any atom is -0.467 e. The van der Waals surface area contributed by atoms with Gasteiger partial charge in [-0.15, -0.1) is 0 Å². The van der Waals surface area contributed by atoms with E-state index in [-0.39, 0.29) is 5.41 Å². The molecule has 1 saturated carbocycles. The molecular formula is C42H56ClFN8O3. The number of carbonyl (C=O) groups is 1. The van der Waals surface area contributed by atoms with E-state index in [1.54, 1.807) is 7.11 Å². The molecule has 2 aromatic heterocycles. The number of likely N-dealkylation sites (N-methyl/N-ethyl adjacent to an activating group) is 2. The predicted molar refractivity (Wildman–Crippen MR) is 218 cm³/mol. The van der Waals surface area contributed by atoms with E-state index in [2.05, 4.69) is 75.0 Å². The number of carbonyl (C=O) groups excluding carboxylic acids is 1. The van der Waals surface area contributed by atoms with Crippen molar-refractivity contribution in [2.45, 2.75) is 95.9 Å². The van der Waals surface area contributed by atoms with Crippen LogP contribution < -0.4 is 14.5 Å². The SMILES string of the molecule is CC.CC1(c2noc(/C=C/C=O)n2)CC1.COc1nc2c(c(N(C)C3CCN(C)C3)n1)CCN(c1cccc3cccc(Cl)c13)C2.FC1CC2CCCN2C1. The number of nitrogens with zero attached hydrogens (tertiary/aromatic N) is 8. The second-order valence-corrected chi connectivity index (χ2v) is 15.6. The Bertz CT molecular complexity index is 1920. The lowest BCUT2D eigenvalue weighted by molar-refractivity contribution is -0.104. The van der Waals surface area contributed by atoms with E-state index in [1.807, 2.05) is 26.0 Å². The number of methoxy groups -OCH3 is 1. The monoisotopic (exact) mass is 774 g/mol. The minimum atomic E-state index is -0.518. The minimum absolute atomic E-state index is 0.122. The van der Waals surface area contributed by atoms with Crippen LogP contribution in [0.15, 0.2) is 47.0 Å². The topological polar surface area (TPSA) is 104 Å². The second kappa shape index (κ2) is 18.2. The summed E-state index contributed by atoms with van der Waals surface area (Å²) in [5.41, 5.74) is 3.55. The number of halogens is 2. The van der Waals surface area contributed by atoms with E-state index in [0.717, 1.165) is 97.1 Å². The van der Waals surface area contributed by atoms with Crippen LogP contribution in [0.3, 0.4) is 0 Å². The van der Waals surface area contributed by atoms with Gasteiger partial charge in [-0.2, -0.15) is 15.0 Å². The molecule has 3 atom stereocenters. The molecule has 4 fully saturated rings. The first-order valence-corrected chi connectivity index (χ1v) is 20.1. The van der Waals surface area contributed by atoms with Crippen molar-refractivity contribution >= 4 is 46.2 Å². The molecule has 13 heteroatoms. The number of aldehydes is 1. The maximum Gasteiger partial charge on any atom is 0.318 e. The Balaban J connectivity index is 0.000000174. The summed E-state index contributed by atoms with van der Waals surface area (Å²) in [7, 11) is 5.97. The number of allylic oxidation sites excluding steroid dienone is 1. The highest BCUT2D eigenvalue weighted by Gasteiger charge is 2.43. The zero-order chi connectivity index (χ0) is 39.1. The zero-order valence-electron chi connectivity index (χ0n) is 33.2. The van der Waals surface area contributed by atoms with Crippen molar-refractivity contribution in [3.05, 3.63) is 70.5 Å². The van der Waals surface area contributed by atoms with Gasteiger partial charge in [0.15, 0.2) is 5.82 Å². The number of benzene rings is 2. The Morgan fingerprint density at radius 2 is 1.84 bits per heavy atom. The Kier molecular flexibility index (Phi) is 13.4. The molecular weight excluding hydrogens is 719 g/mol. The number of anilines is 2. The van der Waals surface area contributed by atoms with Gasteiger partial charge in [-0.25, -0.2) is 4.39 Å². The van der Waals surface area contributed by atoms with E-state index in [1.165, 1.54) is 30.6 Å². The van der Waals surface area contributed by atoms with Crippen molar-refractivity contribution in [3.8, 4) is 6.01 Å². The highest BCUT2D eigenvalue weighted by Crippen LogP contribution is 2.46. The number of rotatable bonds is 7. The van der Waals surface area contributed by atoms with Gasteiger partial charge in [-0.1, -0.05) is 61.8 Å². The number of fused-ring (bicyclic) bond motifs is 3. The van der Waals surface area contributed by atoms with Crippen LogP contribution in [-0.2, 0) is 23.2 Å². The molecule has 4 aromatic rings. The third kappa shape index (κ3) is 9.47. The molecule has 0 amide bonds. The molecule has 4 aliphatic heterocycles. The van der Waals surface area contributed by atoms with E-state index in [4.69, 9.17) is 30.8 Å². The van der Waals surface area contributed by atoms with Crippen molar-refractivity contribution in [2.75, 3.05) is 63.7 Å². The summed E-state index contributed by atoms with van der Waals surface area (Å²) < 4.78 is 23.0. The molecule has 0 spiro atoms. The van der Waals surface area contributed by atoms with Crippen molar-refractivity contribution < 1.29 is 18.4 Å². The fourth-order valence-corrected chi connectivity index (χ4v) is 8.30. The number of likely N-dealkylation sites (tertiary alicyclic amines) is 1. The summed E-state index contributed by atoms with van der Waals surface area (Å²) in [6, 6.07) is 13.9. The van der Waals surface area contributed by atoms with Crippen molar-refractivity contribution in [3.63, 3.8) is 0 Å². The lowest BCUT2D eigenvalue weighted by Gasteiger charge is -2.34. The van der Waals surface area contributed by atoms with E-state index in [9.17, 15) is 9.18 Å². The Morgan fingerprint density at radius 1 is 1.05 bits per heavy atom. The summed E-state index contributed by atoms with van der Waals surface area (Å²) in [6.45, 7) is 11.7. The van der Waals surface area contributed by atoms with Gasteiger partial charge in [0.1, 0.15) is 18.3 Å². The third-order valence-corrected chi connectivity index (χ3v) is 11.7. The first kappa shape index (κ1) is 40.5. The maximum absolute atomic E-state index is 12.6. The number of aromatic nitrogens is 4. The zero-order valence-corrected chi connectivity index (χ0v) is 33.9. The lowest BCUT2D eigenvalue weighted by Crippen LogP contribution is -2.38. The Hall–Kier alpha value is -4.13. The molecule has 0 N–H and O–H groups in total. The van der Waals surface area contributed by atoms with Crippen molar-refractivity contribution in [2.24, 2.45) is 0 Å². The largest absolute Gasteiger partial charge is 0.467 e. The third-order valence-electron chi connectivity index (χ3n) is 11.4. The van der Waals surface area contributed by atoms with Crippen LogP contribution in [0.1, 0.15) is 82.3 Å². The molecule has 11 nitrogen and oxygen atoms in total. The summed E-state index contributed by atoms with van der Waals surface area (Å²) in [5, 5.41) is 6.89. The average Bonchev–Trinajstić information content (AvgIpc) is 3.67. The summed E-state index contributed by atoms with van der Waals surface area (Å²) in [5.74, 6) is 2.16. The van der Waals surface area contributed by atoms with Crippen LogP contribution in [0.2, 0.25) is 5.02 Å².